The Bertz CT molecular complexity index is 381. The van der Waals surface area contributed by atoms with Gasteiger partial charge in [-0.05, 0) is 40.9 Å². The second-order valence-corrected chi connectivity index (χ2v) is 4.78. The molecule has 0 bridgehead atoms. The van der Waals surface area contributed by atoms with Crippen LogP contribution in [0.5, 0.6) is 5.75 Å². The van der Waals surface area contributed by atoms with Crippen molar-refractivity contribution in [1.29, 1.82) is 0 Å². The minimum atomic E-state index is -2.45. The van der Waals surface area contributed by atoms with Crippen molar-refractivity contribution in [3.8, 4) is 5.75 Å². The van der Waals surface area contributed by atoms with Crippen molar-refractivity contribution >= 4 is 21.6 Å². The minimum absolute atomic E-state index is 0.481. The zero-order valence-electron chi connectivity index (χ0n) is 9.33. The smallest absolute Gasteiger partial charge is 0.272 e. The number of nitrogens with zero attached hydrogens (tertiary/aromatic N) is 1. The first-order valence-electron chi connectivity index (χ1n) is 5.63. The average Bonchev–Trinajstić information content (AvgIpc) is 2.81. The van der Waals surface area contributed by atoms with Gasteiger partial charge in [-0.25, -0.2) is 8.78 Å². The van der Waals surface area contributed by atoms with E-state index in [9.17, 15) is 8.78 Å². The Kier molecular flexibility index (Phi) is 4.20. The molecule has 0 radical (unpaired) electrons. The van der Waals surface area contributed by atoms with Crippen LogP contribution >= 0.6 is 15.9 Å². The van der Waals surface area contributed by atoms with E-state index in [1.54, 1.807) is 6.07 Å². The van der Waals surface area contributed by atoms with Crippen molar-refractivity contribution in [2.24, 2.45) is 0 Å². The predicted molar refractivity (Wildman–Crippen MR) is 67.1 cm³/mol. The molecule has 17 heavy (non-hydrogen) atoms. The number of hydrogen-bond acceptors (Lipinski definition) is 2. The molecule has 1 aromatic carbocycles. The van der Waals surface area contributed by atoms with Gasteiger partial charge >= 0.3 is 0 Å². The predicted octanol–water partition coefficient (Wildman–Crippen LogP) is 3.69. The van der Waals surface area contributed by atoms with Gasteiger partial charge in [0.2, 0.25) is 0 Å². The molecular formula is C12H14BrF2NO. The summed E-state index contributed by atoms with van der Waals surface area (Å²) in [5, 5.41) is 0. The molecule has 1 saturated heterocycles. The Morgan fingerprint density at radius 2 is 2.00 bits per heavy atom. The van der Waals surface area contributed by atoms with Gasteiger partial charge < -0.3 is 9.64 Å². The van der Waals surface area contributed by atoms with E-state index >= 15 is 0 Å². The molecule has 2 nitrogen and oxygen atoms in total. The molecule has 1 aliphatic rings. The van der Waals surface area contributed by atoms with Gasteiger partial charge in [-0.2, -0.15) is 0 Å². The van der Waals surface area contributed by atoms with Crippen LogP contribution in [-0.4, -0.2) is 26.1 Å². The molecule has 1 aliphatic heterocycles. The van der Waals surface area contributed by atoms with E-state index in [1.165, 1.54) is 12.8 Å². The molecule has 2 rings (SSSR count). The SMILES string of the molecule is FC(F)COc1cccc(N2CCCC2)c1Br. The topological polar surface area (TPSA) is 12.5 Å². The van der Waals surface area contributed by atoms with Gasteiger partial charge in [-0.15, -0.1) is 0 Å². The highest BCUT2D eigenvalue weighted by molar-refractivity contribution is 9.10. The fraction of sp³-hybridized carbons (Fsp3) is 0.500. The van der Waals surface area contributed by atoms with E-state index in [2.05, 4.69) is 20.8 Å². The zero-order chi connectivity index (χ0) is 12.3. The van der Waals surface area contributed by atoms with Crippen molar-refractivity contribution < 1.29 is 13.5 Å². The van der Waals surface area contributed by atoms with Crippen LogP contribution in [0.25, 0.3) is 0 Å². The highest BCUT2D eigenvalue weighted by Gasteiger charge is 2.17. The molecule has 0 atom stereocenters. The van der Waals surface area contributed by atoms with Crippen molar-refractivity contribution in [3.63, 3.8) is 0 Å². The van der Waals surface area contributed by atoms with Crippen molar-refractivity contribution in [3.05, 3.63) is 22.7 Å². The summed E-state index contributed by atoms with van der Waals surface area (Å²) < 4.78 is 30.0. The fourth-order valence-electron chi connectivity index (χ4n) is 1.97. The summed E-state index contributed by atoms with van der Waals surface area (Å²) >= 11 is 3.43. The maximum atomic E-state index is 12.1. The maximum Gasteiger partial charge on any atom is 0.272 e. The quantitative estimate of drug-likeness (QED) is 0.841. The van der Waals surface area contributed by atoms with Crippen molar-refractivity contribution in [2.75, 3.05) is 24.6 Å². The third kappa shape index (κ3) is 3.09. The number of anilines is 1. The maximum absolute atomic E-state index is 12.1. The third-order valence-corrected chi connectivity index (χ3v) is 3.55. The molecule has 0 amide bonds. The summed E-state index contributed by atoms with van der Waals surface area (Å²) in [6.07, 6.45) is -0.0966. The first kappa shape index (κ1) is 12.6. The lowest BCUT2D eigenvalue weighted by molar-refractivity contribution is 0.0815. The number of halogens is 3. The summed E-state index contributed by atoms with van der Waals surface area (Å²) in [5.41, 5.74) is 1.02. The Labute approximate surface area is 108 Å². The van der Waals surface area contributed by atoms with Crippen LogP contribution in [0.2, 0.25) is 0 Å². The van der Waals surface area contributed by atoms with E-state index in [0.29, 0.717) is 5.75 Å². The molecule has 0 N–H and O–H groups in total. The Hall–Kier alpha value is -0.840. The molecule has 1 aromatic rings. The van der Waals surface area contributed by atoms with Crippen LogP contribution < -0.4 is 9.64 Å². The second-order valence-electron chi connectivity index (χ2n) is 3.99. The monoisotopic (exact) mass is 305 g/mol. The molecule has 0 saturated carbocycles. The second kappa shape index (κ2) is 5.67. The molecule has 1 heterocycles. The molecule has 0 spiro atoms. The summed E-state index contributed by atoms with van der Waals surface area (Å²) in [6.45, 7) is 1.45. The molecule has 1 fully saturated rings. The molecule has 0 aromatic heterocycles. The summed E-state index contributed by atoms with van der Waals surface area (Å²) in [6, 6.07) is 5.51. The van der Waals surface area contributed by atoms with Gasteiger partial charge in [-0.3, -0.25) is 0 Å². The summed E-state index contributed by atoms with van der Waals surface area (Å²) in [7, 11) is 0. The first-order chi connectivity index (χ1) is 8.18. The van der Waals surface area contributed by atoms with Crippen LogP contribution in [-0.2, 0) is 0 Å². The van der Waals surface area contributed by atoms with Crippen LogP contribution in [0.15, 0.2) is 22.7 Å². The lowest BCUT2D eigenvalue weighted by Gasteiger charge is -2.20. The summed E-state index contributed by atoms with van der Waals surface area (Å²) in [5.74, 6) is 0.481. The highest BCUT2D eigenvalue weighted by atomic mass is 79.9. The average molecular weight is 306 g/mol. The Morgan fingerprint density at radius 3 is 2.65 bits per heavy atom. The van der Waals surface area contributed by atoms with Gasteiger partial charge in [0.05, 0.1) is 10.2 Å². The molecule has 0 unspecified atom stereocenters. The standard InChI is InChI=1S/C12H14BrF2NO/c13-12-9(16-6-1-2-7-16)4-3-5-10(12)17-8-11(14)15/h3-5,11H,1-2,6-8H2. The van der Waals surface area contributed by atoms with Crippen molar-refractivity contribution in [2.45, 2.75) is 19.3 Å². The molecule has 94 valence electrons. The number of benzene rings is 1. The van der Waals surface area contributed by atoms with Crippen LogP contribution in [0, 0.1) is 0 Å². The fourth-order valence-corrected chi connectivity index (χ4v) is 2.60. The van der Waals surface area contributed by atoms with Crippen LogP contribution in [0.4, 0.5) is 14.5 Å². The van der Waals surface area contributed by atoms with E-state index in [4.69, 9.17) is 4.74 Å². The van der Waals surface area contributed by atoms with Crippen molar-refractivity contribution in [1.82, 2.24) is 0 Å². The van der Waals surface area contributed by atoms with Gasteiger partial charge in [0.1, 0.15) is 12.4 Å². The third-order valence-electron chi connectivity index (χ3n) is 2.75. The van der Waals surface area contributed by atoms with E-state index in [0.717, 1.165) is 23.2 Å². The zero-order valence-corrected chi connectivity index (χ0v) is 10.9. The first-order valence-corrected chi connectivity index (χ1v) is 6.42. The largest absolute Gasteiger partial charge is 0.486 e. The van der Waals surface area contributed by atoms with Gasteiger partial charge in [0.15, 0.2) is 0 Å². The molecule has 5 heteroatoms. The number of hydrogen-bond donors (Lipinski definition) is 0. The number of rotatable bonds is 4. The normalized spacial score (nSPS) is 15.6. The molecule has 0 aliphatic carbocycles. The highest BCUT2D eigenvalue weighted by Crippen LogP contribution is 2.36. The van der Waals surface area contributed by atoms with E-state index in [1.807, 2.05) is 12.1 Å². The van der Waals surface area contributed by atoms with Gasteiger partial charge in [0.25, 0.3) is 6.43 Å². The Morgan fingerprint density at radius 1 is 1.29 bits per heavy atom. The summed E-state index contributed by atoms with van der Waals surface area (Å²) in [4.78, 5) is 2.24. The number of ether oxygens (including phenoxy) is 1. The molecular weight excluding hydrogens is 292 g/mol. The van der Waals surface area contributed by atoms with E-state index < -0.39 is 13.0 Å². The van der Waals surface area contributed by atoms with Gasteiger partial charge in [-0.1, -0.05) is 6.07 Å². The van der Waals surface area contributed by atoms with Gasteiger partial charge in [0, 0.05) is 13.1 Å². The minimum Gasteiger partial charge on any atom is -0.486 e. The van der Waals surface area contributed by atoms with Crippen LogP contribution in [0.3, 0.4) is 0 Å². The van der Waals surface area contributed by atoms with E-state index in [-0.39, 0.29) is 0 Å². The number of alkyl halides is 2. The lowest BCUT2D eigenvalue weighted by atomic mass is 10.3. The lowest BCUT2D eigenvalue weighted by Crippen LogP contribution is -2.18. The Balaban J connectivity index is 2.14. The van der Waals surface area contributed by atoms with Crippen LogP contribution in [0.1, 0.15) is 12.8 Å².